The van der Waals surface area contributed by atoms with E-state index in [0.717, 1.165) is 29.4 Å². The summed E-state index contributed by atoms with van der Waals surface area (Å²) >= 11 is 0. The van der Waals surface area contributed by atoms with E-state index in [2.05, 4.69) is 10.4 Å². The van der Waals surface area contributed by atoms with Gasteiger partial charge in [-0.25, -0.2) is 9.07 Å². The van der Waals surface area contributed by atoms with Crippen molar-refractivity contribution in [3.8, 4) is 5.69 Å². The van der Waals surface area contributed by atoms with Crippen LogP contribution in [0.3, 0.4) is 0 Å². The Morgan fingerprint density at radius 2 is 2.00 bits per heavy atom. The van der Waals surface area contributed by atoms with Crippen molar-refractivity contribution in [2.45, 2.75) is 6.42 Å². The second-order valence-corrected chi connectivity index (χ2v) is 5.22. The van der Waals surface area contributed by atoms with Gasteiger partial charge in [0.2, 0.25) is 0 Å². The Kier molecular flexibility index (Phi) is 4.51. The van der Waals surface area contributed by atoms with E-state index in [1.807, 2.05) is 36.5 Å². The van der Waals surface area contributed by atoms with E-state index in [-0.39, 0.29) is 11.4 Å². The molecule has 1 heterocycles. The molecule has 0 amide bonds. The lowest BCUT2D eigenvalue weighted by Crippen LogP contribution is -2.07. The summed E-state index contributed by atoms with van der Waals surface area (Å²) < 4.78 is 15.0. The van der Waals surface area contributed by atoms with Crippen molar-refractivity contribution in [1.29, 1.82) is 0 Å². The molecule has 0 aliphatic carbocycles. The number of para-hydroxylation sites is 1. The zero-order valence-electron chi connectivity index (χ0n) is 12.7. The molecule has 0 unspecified atom stereocenters. The van der Waals surface area contributed by atoms with Gasteiger partial charge in [0.1, 0.15) is 11.5 Å². The van der Waals surface area contributed by atoms with Crippen LogP contribution in [0, 0.1) is 15.9 Å². The van der Waals surface area contributed by atoms with Gasteiger partial charge < -0.3 is 5.32 Å². The number of nitro benzene ring substituents is 1. The van der Waals surface area contributed by atoms with E-state index in [4.69, 9.17) is 0 Å². The molecule has 0 aliphatic heterocycles. The van der Waals surface area contributed by atoms with Crippen LogP contribution in [0.2, 0.25) is 0 Å². The molecule has 1 N–H and O–H groups in total. The number of rotatable bonds is 6. The quantitative estimate of drug-likeness (QED) is 0.555. The Labute approximate surface area is 137 Å². The Bertz CT molecular complexity index is 849. The monoisotopic (exact) mass is 326 g/mol. The predicted octanol–water partition coefficient (Wildman–Crippen LogP) is 3.57. The molecule has 0 spiro atoms. The average Bonchev–Trinajstić information content (AvgIpc) is 3.04. The van der Waals surface area contributed by atoms with Crippen LogP contribution in [-0.2, 0) is 6.42 Å². The fourth-order valence-electron chi connectivity index (χ4n) is 2.36. The first kappa shape index (κ1) is 15.7. The molecule has 0 aliphatic rings. The molecular weight excluding hydrogens is 311 g/mol. The van der Waals surface area contributed by atoms with Crippen molar-refractivity contribution >= 4 is 11.4 Å². The lowest BCUT2D eigenvalue weighted by molar-refractivity contribution is -0.384. The van der Waals surface area contributed by atoms with Crippen molar-refractivity contribution in [2.75, 3.05) is 11.9 Å². The van der Waals surface area contributed by atoms with Crippen molar-refractivity contribution < 1.29 is 9.31 Å². The van der Waals surface area contributed by atoms with Gasteiger partial charge in [-0.3, -0.25) is 10.1 Å². The lowest BCUT2D eigenvalue weighted by Gasteiger charge is -2.06. The van der Waals surface area contributed by atoms with Gasteiger partial charge in [0.05, 0.1) is 16.8 Å². The van der Waals surface area contributed by atoms with E-state index in [1.165, 1.54) is 0 Å². The fourth-order valence-corrected chi connectivity index (χ4v) is 2.36. The Hall–Kier alpha value is -3.22. The van der Waals surface area contributed by atoms with E-state index in [1.54, 1.807) is 10.9 Å². The number of halogens is 1. The maximum Gasteiger partial charge on any atom is 0.292 e. The average molecular weight is 326 g/mol. The molecule has 0 saturated heterocycles. The molecule has 3 rings (SSSR count). The zero-order chi connectivity index (χ0) is 16.9. The van der Waals surface area contributed by atoms with Gasteiger partial charge in [-0.1, -0.05) is 18.2 Å². The minimum absolute atomic E-state index is 0.142. The summed E-state index contributed by atoms with van der Waals surface area (Å²) in [5, 5.41) is 18.2. The summed E-state index contributed by atoms with van der Waals surface area (Å²) in [5.41, 5.74) is 1.97. The standard InChI is InChI=1S/C17H15FN4O2/c18-14-6-7-17(22(23)24)16(10-14)19-9-8-13-11-20-21(12-13)15-4-2-1-3-5-15/h1-7,10-12,19H,8-9H2. The normalized spacial score (nSPS) is 10.5. The lowest BCUT2D eigenvalue weighted by atomic mass is 10.2. The molecule has 2 aromatic carbocycles. The third-order valence-electron chi connectivity index (χ3n) is 3.54. The number of nitrogens with zero attached hydrogens (tertiary/aromatic N) is 3. The zero-order valence-corrected chi connectivity index (χ0v) is 12.7. The highest BCUT2D eigenvalue weighted by atomic mass is 19.1. The van der Waals surface area contributed by atoms with Gasteiger partial charge in [0.15, 0.2) is 0 Å². The van der Waals surface area contributed by atoms with Crippen molar-refractivity contribution in [3.63, 3.8) is 0 Å². The first-order valence-electron chi connectivity index (χ1n) is 7.40. The van der Waals surface area contributed by atoms with Crippen LogP contribution < -0.4 is 5.32 Å². The highest BCUT2D eigenvalue weighted by molar-refractivity contribution is 5.61. The van der Waals surface area contributed by atoms with Crippen LogP contribution in [0.5, 0.6) is 0 Å². The van der Waals surface area contributed by atoms with E-state index >= 15 is 0 Å². The van der Waals surface area contributed by atoms with E-state index < -0.39 is 10.7 Å². The number of hydrogen-bond acceptors (Lipinski definition) is 4. The summed E-state index contributed by atoms with van der Waals surface area (Å²) in [6, 6.07) is 13.1. The number of nitrogens with one attached hydrogen (secondary N) is 1. The van der Waals surface area contributed by atoms with Gasteiger partial charge in [0, 0.05) is 24.9 Å². The SMILES string of the molecule is O=[N+]([O-])c1ccc(F)cc1NCCc1cnn(-c2ccccc2)c1. The fraction of sp³-hybridized carbons (Fsp3) is 0.118. The summed E-state index contributed by atoms with van der Waals surface area (Å²) in [4.78, 5) is 10.4. The molecule has 1 aromatic heterocycles. The minimum Gasteiger partial charge on any atom is -0.379 e. The Morgan fingerprint density at radius 1 is 1.21 bits per heavy atom. The second-order valence-electron chi connectivity index (χ2n) is 5.22. The van der Waals surface area contributed by atoms with Gasteiger partial charge in [-0.05, 0) is 30.2 Å². The molecular formula is C17H15FN4O2. The third kappa shape index (κ3) is 3.57. The van der Waals surface area contributed by atoms with Gasteiger partial charge in [-0.2, -0.15) is 5.10 Å². The number of anilines is 1. The summed E-state index contributed by atoms with van der Waals surface area (Å²) in [7, 11) is 0. The largest absolute Gasteiger partial charge is 0.379 e. The van der Waals surface area contributed by atoms with Crippen molar-refractivity contribution in [3.05, 3.63) is 82.4 Å². The highest BCUT2D eigenvalue weighted by Crippen LogP contribution is 2.24. The van der Waals surface area contributed by atoms with Gasteiger partial charge in [0.25, 0.3) is 5.69 Å². The summed E-state index contributed by atoms with van der Waals surface area (Å²) in [6.07, 6.45) is 4.26. The maximum atomic E-state index is 13.3. The number of aromatic nitrogens is 2. The number of benzene rings is 2. The first-order chi connectivity index (χ1) is 11.6. The molecule has 0 atom stereocenters. The number of nitro groups is 1. The molecule has 3 aromatic rings. The molecule has 6 nitrogen and oxygen atoms in total. The van der Waals surface area contributed by atoms with Crippen LogP contribution in [0.15, 0.2) is 60.9 Å². The smallest absolute Gasteiger partial charge is 0.292 e. The van der Waals surface area contributed by atoms with Crippen molar-refractivity contribution in [2.24, 2.45) is 0 Å². The third-order valence-corrected chi connectivity index (χ3v) is 3.54. The van der Waals surface area contributed by atoms with Gasteiger partial charge >= 0.3 is 0 Å². The van der Waals surface area contributed by atoms with Crippen LogP contribution in [0.1, 0.15) is 5.56 Å². The van der Waals surface area contributed by atoms with Crippen LogP contribution in [0.25, 0.3) is 5.69 Å². The summed E-state index contributed by atoms with van der Waals surface area (Å²) in [5.74, 6) is -0.514. The van der Waals surface area contributed by atoms with E-state index in [9.17, 15) is 14.5 Å². The number of hydrogen-bond donors (Lipinski definition) is 1. The van der Waals surface area contributed by atoms with Gasteiger partial charge in [-0.15, -0.1) is 0 Å². The molecule has 0 saturated carbocycles. The Balaban J connectivity index is 1.64. The molecule has 0 radical (unpaired) electrons. The second kappa shape index (κ2) is 6.91. The molecule has 0 fully saturated rings. The topological polar surface area (TPSA) is 73.0 Å². The molecule has 0 bridgehead atoms. The van der Waals surface area contributed by atoms with E-state index in [0.29, 0.717) is 13.0 Å². The van der Waals surface area contributed by atoms with Crippen LogP contribution >= 0.6 is 0 Å². The Morgan fingerprint density at radius 3 is 2.75 bits per heavy atom. The first-order valence-corrected chi connectivity index (χ1v) is 7.40. The highest BCUT2D eigenvalue weighted by Gasteiger charge is 2.14. The summed E-state index contributed by atoms with van der Waals surface area (Å²) in [6.45, 7) is 0.435. The molecule has 122 valence electrons. The maximum absolute atomic E-state index is 13.3. The predicted molar refractivity (Wildman–Crippen MR) is 88.8 cm³/mol. The van der Waals surface area contributed by atoms with Crippen LogP contribution in [0.4, 0.5) is 15.8 Å². The molecule has 7 heteroatoms. The molecule has 24 heavy (non-hydrogen) atoms. The minimum atomic E-state index is -0.533. The van der Waals surface area contributed by atoms with Crippen molar-refractivity contribution in [1.82, 2.24) is 9.78 Å². The van der Waals surface area contributed by atoms with Crippen LogP contribution in [-0.4, -0.2) is 21.2 Å².